The second-order valence-electron chi connectivity index (χ2n) is 9.44. The standard InChI is InChI=1S/C30H30ClF2N3O2/c1-3-19-5-4-6-20(10-19)16-34-17-29(37)27(13-21-11-22(32)14-23(33)12-21)36-30(38)28-15-25(31)24-9-18(2)7-8-26(24)35-28/h4-12,14-15,27,29,34,37H,3,13,16-17H2,1-2H3,(H,36,38)/t27?,29-/m0/s1. The number of nitrogens with one attached hydrogen (secondary N) is 2. The molecule has 1 amide bonds. The molecular formula is C30H30ClF2N3O2. The van der Waals surface area contributed by atoms with Crippen molar-refractivity contribution in [2.45, 2.75) is 45.4 Å². The van der Waals surface area contributed by atoms with Gasteiger partial charge >= 0.3 is 0 Å². The van der Waals surface area contributed by atoms with Gasteiger partial charge in [-0.3, -0.25) is 4.79 Å². The van der Waals surface area contributed by atoms with Crippen LogP contribution in [-0.4, -0.2) is 34.7 Å². The maximum atomic E-state index is 13.9. The Morgan fingerprint density at radius 1 is 1.00 bits per heavy atom. The molecule has 3 N–H and O–H groups in total. The number of halogens is 3. The molecule has 38 heavy (non-hydrogen) atoms. The molecule has 8 heteroatoms. The molecule has 0 aliphatic heterocycles. The molecule has 1 unspecified atom stereocenters. The zero-order valence-corrected chi connectivity index (χ0v) is 22.0. The third-order valence-electron chi connectivity index (χ3n) is 6.39. The maximum absolute atomic E-state index is 13.9. The zero-order chi connectivity index (χ0) is 27.2. The van der Waals surface area contributed by atoms with Crippen LogP contribution < -0.4 is 10.6 Å². The molecule has 0 spiro atoms. The summed E-state index contributed by atoms with van der Waals surface area (Å²) >= 11 is 6.43. The van der Waals surface area contributed by atoms with E-state index in [1.807, 2.05) is 31.2 Å². The van der Waals surface area contributed by atoms with E-state index in [9.17, 15) is 18.7 Å². The summed E-state index contributed by atoms with van der Waals surface area (Å²) in [4.78, 5) is 17.6. The van der Waals surface area contributed by atoms with Crippen molar-refractivity contribution in [1.82, 2.24) is 15.6 Å². The second kappa shape index (κ2) is 12.4. The Kier molecular flexibility index (Phi) is 9.05. The van der Waals surface area contributed by atoms with Crippen LogP contribution in [0.5, 0.6) is 0 Å². The number of aliphatic hydroxyl groups excluding tert-OH is 1. The Labute approximate surface area is 225 Å². The van der Waals surface area contributed by atoms with Crippen LogP contribution in [0.3, 0.4) is 0 Å². The van der Waals surface area contributed by atoms with E-state index in [0.29, 0.717) is 22.6 Å². The molecule has 2 atom stereocenters. The maximum Gasteiger partial charge on any atom is 0.270 e. The van der Waals surface area contributed by atoms with Gasteiger partial charge in [0.2, 0.25) is 0 Å². The number of aryl methyl sites for hydroxylation is 2. The van der Waals surface area contributed by atoms with Crippen LogP contribution in [0.1, 0.15) is 39.7 Å². The van der Waals surface area contributed by atoms with E-state index < -0.39 is 29.7 Å². The first-order valence-corrected chi connectivity index (χ1v) is 12.9. The molecule has 198 valence electrons. The molecule has 0 saturated carbocycles. The van der Waals surface area contributed by atoms with Crippen molar-refractivity contribution in [3.63, 3.8) is 0 Å². The number of aliphatic hydroxyl groups is 1. The number of pyridine rings is 1. The van der Waals surface area contributed by atoms with E-state index in [4.69, 9.17) is 11.6 Å². The largest absolute Gasteiger partial charge is 0.390 e. The van der Waals surface area contributed by atoms with Crippen molar-refractivity contribution in [2.75, 3.05) is 6.54 Å². The minimum Gasteiger partial charge on any atom is -0.390 e. The molecule has 0 radical (unpaired) electrons. The smallest absolute Gasteiger partial charge is 0.270 e. The Balaban J connectivity index is 1.52. The number of hydrogen-bond acceptors (Lipinski definition) is 4. The quantitative estimate of drug-likeness (QED) is 0.249. The van der Waals surface area contributed by atoms with Crippen molar-refractivity contribution in [1.29, 1.82) is 0 Å². The zero-order valence-electron chi connectivity index (χ0n) is 21.3. The van der Waals surface area contributed by atoms with Crippen LogP contribution in [0.2, 0.25) is 5.02 Å². The molecule has 0 saturated heterocycles. The van der Waals surface area contributed by atoms with Crippen molar-refractivity contribution in [3.05, 3.63) is 111 Å². The predicted molar refractivity (Wildman–Crippen MR) is 146 cm³/mol. The van der Waals surface area contributed by atoms with E-state index in [1.54, 1.807) is 6.07 Å². The van der Waals surface area contributed by atoms with E-state index >= 15 is 0 Å². The Morgan fingerprint density at radius 3 is 2.47 bits per heavy atom. The average molecular weight is 538 g/mol. The number of carbonyl (C=O) groups is 1. The lowest BCUT2D eigenvalue weighted by molar-refractivity contribution is 0.0825. The van der Waals surface area contributed by atoms with E-state index in [2.05, 4.69) is 34.7 Å². The number of aromatic nitrogens is 1. The van der Waals surface area contributed by atoms with Gasteiger partial charge in [0.25, 0.3) is 5.91 Å². The lowest BCUT2D eigenvalue weighted by Crippen LogP contribution is -2.48. The van der Waals surface area contributed by atoms with Gasteiger partial charge in [-0.15, -0.1) is 0 Å². The van der Waals surface area contributed by atoms with Crippen LogP contribution in [0.15, 0.2) is 66.7 Å². The molecule has 5 nitrogen and oxygen atoms in total. The highest BCUT2D eigenvalue weighted by Crippen LogP contribution is 2.24. The predicted octanol–water partition coefficient (Wildman–Crippen LogP) is 5.53. The normalized spacial score (nSPS) is 12.9. The molecule has 4 aromatic rings. The number of amides is 1. The minimum absolute atomic E-state index is 0.00902. The van der Waals surface area contributed by atoms with Crippen molar-refractivity contribution < 1.29 is 18.7 Å². The van der Waals surface area contributed by atoms with Gasteiger partial charge in [-0.2, -0.15) is 0 Å². The average Bonchev–Trinajstić information content (AvgIpc) is 2.88. The summed E-state index contributed by atoms with van der Waals surface area (Å²) in [7, 11) is 0. The highest BCUT2D eigenvalue weighted by molar-refractivity contribution is 6.35. The first-order valence-electron chi connectivity index (χ1n) is 12.5. The fourth-order valence-corrected chi connectivity index (χ4v) is 4.64. The number of benzene rings is 3. The van der Waals surface area contributed by atoms with Crippen LogP contribution in [0, 0.1) is 18.6 Å². The molecular weight excluding hydrogens is 508 g/mol. The summed E-state index contributed by atoms with van der Waals surface area (Å²) in [5, 5.41) is 18.1. The van der Waals surface area contributed by atoms with Gasteiger partial charge in [-0.25, -0.2) is 13.8 Å². The SMILES string of the molecule is CCc1cccc(CNC[C@H](O)C(Cc2cc(F)cc(F)c2)NC(=O)c2cc(Cl)c3cc(C)ccc3n2)c1. The Morgan fingerprint density at radius 2 is 1.74 bits per heavy atom. The van der Waals surface area contributed by atoms with Crippen LogP contribution in [-0.2, 0) is 19.4 Å². The van der Waals surface area contributed by atoms with E-state index in [-0.39, 0.29) is 18.7 Å². The second-order valence-corrected chi connectivity index (χ2v) is 9.85. The van der Waals surface area contributed by atoms with Crippen molar-refractivity contribution in [2.24, 2.45) is 0 Å². The van der Waals surface area contributed by atoms with Gasteiger partial charge in [0, 0.05) is 24.5 Å². The highest BCUT2D eigenvalue weighted by atomic mass is 35.5. The molecule has 0 aliphatic carbocycles. The number of rotatable bonds is 10. The first kappa shape index (κ1) is 27.6. The van der Waals surface area contributed by atoms with Gasteiger partial charge in [0.1, 0.15) is 17.3 Å². The molecule has 1 aromatic heterocycles. The topological polar surface area (TPSA) is 74.2 Å². The Hall–Kier alpha value is -3.39. The molecule has 3 aromatic carbocycles. The van der Waals surface area contributed by atoms with Crippen LogP contribution in [0.25, 0.3) is 10.9 Å². The minimum atomic E-state index is -1.06. The van der Waals surface area contributed by atoms with E-state index in [0.717, 1.165) is 29.0 Å². The van der Waals surface area contributed by atoms with Gasteiger partial charge in [0.05, 0.1) is 22.7 Å². The van der Waals surface area contributed by atoms with Gasteiger partial charge in [-0.1, -0.05) is 54.4 Å². The van der Waals surface area contributed by atoms with E-state index in [1.165, 1.54) is 23.8 Å². The lowest BCUT2D eigenvalue weighted by atomic mass is 10.00. The number of carbonyl (C=O) groups excluding carboxylic acids is 1. The van der Waals surface area contributed by atoms with Gasteiger partial charge in [-0.05, 0) is 66.8 Å². The molecule has 0 bridgehead atoms. The first-order chi connectivity index (χ1) is 18.2. The third-order valence-corrected chi connectivity index (χ3v) is 6.70. The summed E-state index contributed by atoms with van der Waals surface area (Å²) in [5.74, 6) is -2.01. The fraction of sp³-hybridized carbons (Fsp3) is 0.267. The Bertz CT molecular complexity index is 1430. The molecule has 0 aliphatic rings. The molecule has 4 rings (SSSR count). The summed E-state index contributed by atoms with van der Waals surface area (Å²) in [5.41, 5.74) is 4.24. The third kappa shape index (κ3) is 7.13. The number of hydrogen-bond donors (Lipinski definition) is 3. The van der Waals surface area contributed by atoms with Crippen LogP contribution >= 0.6 is 11.6 Å². The number of fused-ring (bicyclic) bond motifs is 1. The van der Waals surface area contributed by atoms with Gasteiger partial charge < -0.3 is 15.7 Å². The van der Waals surface area contributed by atoms with Crippen LogP contribution in [0.4, 0.5) is 8.78 Å². The van der Waals surface area contributed by atoms with Gasteiger partial charge in [0.15, 0.2) is 0 Å². The molecule has 0 fully saturated rings. The summed E-state index contributed by atoms with van der Waals surface area (Å²) in [6.07, 6.45) is -0.130. The summed E-state index contributed by atoms with van der Waals surface area (Å²) < 4.78 is 27.7. The summed E-state index contributed by atoms with van der Waals surface area (Å²) in [6.45, 7) is 4.68. The fourth-order valence-electron chi connectivity index (χ4n) is 4.39. The molecule has 1 heterocycles. The monoisotopic (exact) mass is 537 g/mol. The highest BCUT2D eigenvalue weighted by Gasteiger charge is 2.24. The number of nitrogens with zero attached hydrogens (tertiary/aromatic N) is 1. The van der Waals surface area contributed by atoms with Crippen molar-refractivity contribution >= 4 is 28.4 Å². The summed E-state index contributed by atoms with van der Waals surface area (Å²) in [6, 6.07) is 17.4. The van der Waals surface area contributed by atoms with Crippen molar-refractivity contribution in [3.8, 4) is 0 Å². The lowest BCUT2D eigenvalue weighted by Gasteiger charge is -2.25.